The predicted octanol–water partition coefficient (Wildman–Crippen LogP) is 3.16. The topological polar surface area (TPSA) is 84.0 Å². The van der Waals surface area contributed by atoms with E-state index in [-0.39, 0.29) is 6.54 Å². The normalized spacial score (nSPS) is 9.71. The van der Waals surface area contributed by atoms with Crippen LogP contribution in [0, 0.1) is 0 Å². The number of nitrogens with zero attached hydrogens (tertiary/aromatic N) is 4. The van der Waals surface area contributed by atoms with Crippen molar-refractivity contribution in [3.8, 4) is 17.0 Å². The van der Waals surface area contributed by atoms with Crippen LogP contribution >= 0.6 is 0 Å². The standard InChI is InChI=1S/C11H10N4O2/c1-16-11-5-3-2-4-9(11)10-6-8(17-14-10)7-13-15-12/h2-6H,7H2,1H3. The van der Waals surface area contributed by atoms with Crippen molar-refractivity contribution < 1.29 is 9.26 Å². The number of ether oxygens (including phenoxy) is 1. The SMILES string of the molecule is COc1ccccc1-c1cc(CN=[N+]=[N-])on1. The molecule has 0 aliphatic carbocycles. The fourth-order valence-electron chi connectivity index (χ4n) is 1.47. The molecule has 2 rings (SSSR count). The Morgan fingerprint density at radius 3 is 3.06 bits per heavy atom. The van der Waals surface area contributed by atoms with Crippen LogP contribution in [0.15, 0.2) is 40.0 Å². The van der Waals surface area contributed by atoms with Crippen LogP contribution in [0.3, 0.4) is 0 Å². The summed E-state index contributed by atoms with van der Waals surface area (Å²) in [6, 6.07) is 9.22. The fraction of sp³-hybridized carbons (Fsp3) is 0.182. The van der Waals surface area contributed by atoms with E-state index in [4.69, 9.17) is 14.8 Å². The van der Waals surface area contributed by atoms with E-state index in [0.29, 0.717) is 11.5 Å². The van der Waals surface area contributed by atoms with E-state index < -0.39 is 0 Å². The molecule has 0 fully saturated rings. The van der Waals surface area contributed by atoms with Crippen LogP contribution in [0.2, 0.25) is 0 Å². The summed E-state index contributed by atoms with van der Waals surface area (Å²) in [7, 11) is 1.60. The van der Waals surface area contributed by atoms with Gasteiger partial charge in [-0.3, -0.25) is 0 Å². The summed E-state index contributed by atoms with van der Waals surface area (Å²) >= 11 is 0. The van der Waals surface area contributed by atoms with Crippen LogP contribution in [0.4, 0.5) is 0 Å². The van der Waals surface area contributed by atoms with Gasteiger partial charge in [0.2, 0.25) is 0 Å². The molecule has 0 saturated carbocycles. The third-order valence-corrected chi connectivity index (χ3v) is 2.23. The highest BCUT2D eigenvalue weighted by Crippen LogP contribution is 2.28. The lowest BCUT2D eigenvalue weighted by atomic mass is 10.1. The highest BCUT2D eigenvalue weighted by Gasteiger charge is 2.10. The second-order valence-electron chi connectivity index (χ2n) is 3.27. The lowest BCUT2D eigenvalue weighted by Crippen LogP contribution is -1.86. The molecule has 0 aliphatic heterocycles. The first-order valence-electron chi connectivity index (χ1n) is 4.95. The molecule has 0 bridgehead atoms. The zero-order chi connectivity index (χ0) is 12.1. The lowest BCUT2D eigenvalue weighted by Gasteiger charge is -2.03. The molecular formula is C11H10N4O2. The van der Waals surface area contributed by atoms with Gasteiger partial charge < -0.3 is 9.26 Å². The van der Waals surface area contributed by atoms with Crippen LogP contribution in [-0.2, 0) is 6.54 Å². The Bertz CT molecular complexity index is 558. The number of methoxy groups -OCH3 is 1. The van der Waals surface area contributed by atoms with Crippen LogP contribution in [0.1, 0.15) is 5.76 Å². The zero-order valence-corrected chi connectivity index (χ0v) is 9.20. The van der Waals surface area contributed by atoms with Crippen LogP contribution in [0.25, 0.3) is 21.7 Å². The molecule has 0 spiro atoms. The highest BCUT2D eigenvalue weighted by molar-refractivity contribution is 5.66. The van der Waals surface area contributed by atoms with Crippen molar-refractivity contribution >= 4 is 0 Å². The van der Waals surface area contributed by atoms with E-state index in [1.54, 1.807) is 13.2 Å². The number of para-hydroxylation sites is 1. The number of rotatable bonds is 4. The largest absolute Gasteiger partial charge is 0.496 e. The fourth-order valence-corrected chi connectivity index (χ4v) is 1.47. The third-order valence-electron chi connectivity index (χ3n) is 2.23. The molecule has 6 nitrogen and oxygen atoms in total. The van der Waals surface area contributed by atoms with Gasteiger partial charge in [0.05, 0.1) is 13.7 Å². The van der Waals surface area contributed by atoms with E-state index in [2.05, 4.69) is 15.2 Å². The monoisotopic (exact) mass is 230 g/mol. The van der Waals surface area contributed by atoms with Crippen molar-refractivity contribution in [1.29, 1.82) is 0 Å². The molecule has 0 radical (unpaired) electrons. The van der Waals surface area contributed by atoms with Gasteiger partial charge in [0.1, 0.15) is 17.2 Å². The first-order chi connectivity index (χ1) is 8.35. The molecule has 0 atom stereocenters. The Balaban J connectivity index is 2.33. The number of aromatic nitrogens is 1. The summed E-state index contributed by atoms with van der Waals surface area (Å²) in [5.41, 5.74) is 9.71. The first kappa shape index (κ1) is 11.0. The van der Waals surface area contributed by atoms with E-state index in [1.807, 2.05) is 24.3 Å². The van der Waals surface area contributed by atoms with Crippen molar-refractivity contribution in [3.63, 3.8) is 0 Å². The van der Waals surface area contributed by atoms with Gasteiger partial charge >= 0.3 is 0 Å². The van der Waals surface area contributed by atoms with E-state index >= 15 is 0 Å². The van der Waals surface area contributed by atoms with Crippen LogP contribution < -0.4 is 4.74 Å². The second-order valence-corrected chi connectivity index (χ2v) is 3.27. The maximum atomic E-state index is 8.21. The van der Waals surface area contributed by atoms with Crippen molar-refractivity contribution in [2.75, 3.05) is 7.11 Å². The Morgan fingerprint density at radius 1 is 1.47 bits per heavy atom. The maximum Gasteiger partial charge on any atom is 0.143 e. The van der Waals surface area contributed by atoms with Crippen molar-refractivity contribution in [2.45, 2.75) is 6.54 Å². The predicted molar refractivity (Wildman–Crippen MR) is 61.3 cm³/mol. The summed E-state index contributed by atoms with van der Waals surface area (Å²) < 4.78 is 10.3. The molecule has 86 valence electrons. The Labute approximate surface area is 97.4 Å². The number of hydrogen-bond donors (Lipinski definition) is 0. The van der Waals surface area contributed by atoms with E-state index in [0.717, 1.165) is 11.3 Å². The van der Waals surface area contributed by atoms with Crippen molar-refractivity contribution in [2.24, 2.45) is 5.11 Å². The van der Waals surface area contributed by atoms with E-state index in [1.165, 1.54) is 0 Å². The zero-order valence-electron chi connectivity index (χ0n) is 9.20. The van der Waals surface area contributed by atoms with Gasteiger partial charge in [-0.2, -0.15) is 0 Å². The molecule has 0 unspecified atom stereocenters. The molecule has 1 heterocycles. The van der Waals surface area contributed by atoms with Crippen LogP contribution in [0.5, 0.6) is 5.75 Å². The highest BCUT2D eigenvalue weighted by atomic mass is 16.5. The van der Waals surface area contributed by atoms with Gasteiger partial charge in [0, 0.05) is 16.5 Å². The Hall–Kier alpha value is -2.46. The van der Waals surface area contributed by atoms with Gasteiger partial charge in [0.25, 0.3) is 0 Å². The summed E-state index contributed by atoms with van der Waals surface area (Å²) in [4.78, 5) is 2.66. The Kier molecular flexibility index (Phi) is 3.28. The minimum absolute atomic E-state index is 0.151. The minimum atomic E-state index is 0.151. The smallest absolute Gasteiger partial charge is 0.143 e. The molecule has 0 aliphatic rings. The van der Waals surface area contributed by atoms with E-state index in [9.17, 15) is 0 Å². The first-order valence-corrected chi connectivity index (χ1v) is 4.95. The molecule has 1 aromatic carbocycles. The summed E-state index contributed by atoms with van der Waals surface area (Å²) in [6.07, 6.45) is 0. The number of hydrogen-bond acceptors (Lipinski definition) is 4. The van der Waals surface area contributed by atoms with Gasteiger partial charge in [-0.15, -0.1) is 0 Å². The number of benzene rings is 1. The molecule has 2 aromatic rings. The van der Waals surface area contributed by atoms with Crippen LogP contribution in [-0.4, -0.2) is 12.3 Å². The van der Waals surface area contributed by atoms with Gasteiger partial charge in [-0.25, -0.2) is 0 Å². The minimum Gasteiger partial charge on any atom is -0.496 e. The average molecular weight is 230 g/mol. The molecule has 0 saturated heterocycles. The molecular weight excluding hydrogens is 220 g/mol. The quantitative estimate of drug-likeness (QED) is 0.459. The molecule has 17 heavy (non-hydrogen) atoms. The third kappa shape index (κ3) is 2.38. The lowest BCUT2D eigenvalue weighted by molar-refractivity contribution is 0.385. The van der Waals surface area contributed by atoms with Gasteiger partial charge in [-0.1, -0.05) is 22.4 Å². The summed E-state index contributed by atoms with van der Waals surface area (Å²) in [5.74, 6) is 1.24. The maximum absolute atomic E-state index is 8.21. The molecule has 0 amide bonds. The summed E-state index contributed by atoms with van der Waals surface area (Å²) in [6.45, 7) is 0.151. The summed E-state index contributed by atoms with van der Waals surface area (Å²) in [5, 5.41) is 7.32. The molecule has 0 N–H and O–H groups in total. The molecule has 6 heteroatoms. The number of azide groups is 1. The van der Waals surface area contributed by atoms with Gasteiger partial charge in [0.15, 0.2) is 0 Å². The average Bonchev–Trinajstić information content (AvgIpc) is 2.85. The van der Waals surface area contributed by atoms with Gasteiger partial charge in [-0.05, 0) is 17.7 Å². The van der Waals surface area contributed by atoms with Crippen molar-refractivity contribution in [3.05, 3.63) is 46.5 Å². The Morgan fingerprint density at radius 2 is 2.29 bits per heavy atom. The van der Waals surface area contributed by atoms with Crippen molar-refractivity contribution in [1.82, 2.24) is 5.16 Å². The second kappa shape index (κ2) is 5.05. The molecule has 1 aromatic heterocycles.